The molecule has 0 spiro atoms. The minimum atomic E-state index is 0.626. The van der Waals surface area contributed by atoms with Crippen molar-refractivity contribution in [2.24, 2.45) is 5.92 Å². The van der Waals surface area contributed by atoms with Crippen LogP contribution in [0.15, 0.2) is 18.3 Å². The highest BCUT2D eigenvalue weighted by molar-refractivity contribution is 5.32. The zero-order valence-corrected chi connectivity index (χ0v) is 9.02. The first-order chi connectivity index (χ1) is 7.34. The van der Waals surface area contributed by atoms with Gasteiger partial charge in [-0.2, -0.15) is 0 Å². The molecule has 0 unspecified atom stereocenters. The second-order valence-electron chi connectivity index (χ2n) is 4.62. The van der Waals surface area contributed by atoms with E-state index in [9.17, 15) is 0 Å². The molecular weight excluding hydrogens is 188 g/mol. The summed E-state index contributed by atoms with van der Waals surface area (Å²) in [5, 5.41) is 0. The van der Waals surface area contributed by atoms with Gasteiger partial charge in [0.1, 0.15) is 0 Å². The number of fused-ring (bicyclic) bond motifs is 3. The maximum Gasteiger partial charge on any atom is 0.216 e. The zero-order chi connectivity index (χ0) is 10.3. The molecule has 1 fully saturated rings. The van der Waals surface area contributed by atoms with Gasteiger partial charge in [-0.25, -0.2) is 4.98 Å². The quantitative estimate of drug-likeness (QED) is 0.640. The number of ether oxygens (including phenoxy) is 1. The Kier molecular flexibility index (Phi) is 2.13. The number of nitrogens with zero attached hydrogens (tertiary/aromatic N) is 2. The zero-order valence-electron chi connectivity index (χ0n) is 9.02. The van der Waals surface area contributed by atoms with Gasteiger partial charge < -0.3 is 9.64 Å². The van der Waals surface area contributed by atoms with Crippen molar-refractivity contribution in [3.8, 4) is 5.88 Å². The van der Waals surface area contributed by atoms with Crippen molar-refractivity contribution < 1.29 is 4.74 Å². The van der Waals surface area contributed by atoms with Crippen LogP contribution < -0.4 is 4.74 Å². The fourth-order valence-corrected chi connectivity index (χ4v) is 2.84. The number of likely N-dealkylation sites (N-methyl/N-ethyl adjacent to an activating group) is 1. The van der Waals surface area contributed by atoms with E-state index in [1.807, 2.05) is 12.3 Å². The Morgan fingerprint density at radius 2 is 2.40 bits per heavy atom. The van der Waals surface area contributed by atoms with Gasteiger partial charge in [-0.3, -0.25) is 0 Å². The Balaban J connectivity index is 2.01. The van der Waals surface area contributed by atoms with E-state index in [1.165, 1.54) is 12.1 Å². The summed E-state index contributed by atoms with van der Waals surface area (Å²) in [7, 11) is 2.20. The fourth-order valence-electron chi connectivity index (χ4n) is 2.84. The van der Waals surface area contributed by atoms with Gasteiger partial charge in [-0.15, -0.1) is 0 Å². The third-order valence-corrected chi connectivity index (χ3v) is 3.55. The number of rotatable bonds is 0. The first-order valence-electron chi connectivity index (χ1n) is 5.61. The van der Waals surface area contributed by atoms with E-state index in [4.69, 9.17) is 4.74 Å². The highest BCUT2D eigenvalue weighted by atomic mass is 16.5. The van der Waals surface area contributed by atoms with Crippen molar-refractivity contribution in [2.75, 3.05) is 26.7 Å². The molecule has 0 N–H and O–H groups in total. The Morgan fingerprint density at radius 1 is 1.47 bits per heavy atom. The van der Waals surface area contributed by atoms with E-state index in [0.29, 0.717) is 5.92 Å². The van der Waals surface area contributed by atoms with E-state index < -0.39 is 0 Å². The monoisotopic (exact) mass is 204 g/mol. The van der Waals surface area contributed by atoms with Gasteiger partial charge >= 0.3 is 0 Å². The largest absolute Gasteiger partial charge is 0.477 e. The number of hydrogen-bond donors (Lipinski definition) is 0. The van der Waals surface area contributed by atoms with Crippen LogP contribution in [0.25, 0.3) is 0 Å². The molecule has 2 aliphatic heterocycles. The van der Waals surface area contributed by atoms with Crippen molar-refractivity contribution in [1.29, 1.82) is 0 Å². The predicted molar refractivity (Wildman–Crippen MR) is 58.1 cm³/mol. The lowest BCUT2D eigenvalue weighted by Crippen LogP contribution is -2.15. The third kappa shape index (κ3) is 1.51. The highest BCUT2D eigenvalue weighted by Gasteiger charge is 2.35. The van der Waals surface area contributed by atoms with Crippen molar-refractivity contribution in [2.45, 2.75) is 12.3 Å². The lowest BCUT2D eigenvalue weighted by molar-refractivity contribution is 0.278. The molecule has 15 heavy (non-hydrogen) atoms. The molecule has 0 bridgehead atoms. The summed E-state index contributed by atoms with van der Waals surface area (Å²) in [6, 6.07) is 4.19. The van der Waals surface area contributed by atoms with Gasteiger partial charge in [-0.1, -0.05) is 6.07 Å². The van der Waals surface area contributed by atoms with E-state index in [-0.39, 0.29) is 0 Å². The van der Waals surface area contributed by atoms with Crippen LogP contribution >= 0.6 is 0 Å². The van der Waals surface area contributed by atoms with Crippen LogP contribution in [0.5, 0.6) is 5.88 Å². The molecule has 80 valence electrons. The summed E-state index contributed by atoms with van der Waals surface area (Å²) in [6.07, 6.45) is 2.98. The van der Waals surface area contributed by atoms with Crippen molar-refractivity contribution >= 4 is 0 Å². The van der Waals surface area contributed by atoms with Crippen LogP contribution in [0.4, 0.5) is 0 Å². The molecule has 0 radical (unpaired) electrons. The van der Waals surface area contributed by atoms with E-state index >= 15 is 0 Å². The molecule has 0 amide bonds. The van der Waals surface area contributed by atoms with Gasteiger partial charge in [0.05, 0.1) is 6.61 Å². The second-order valence-corrected chi connectivity index (χ2v) is 4.62. The lowest BCUT2D eigenvalue weighted by Gasteiger charge is -2.14. The molecule has 3 nitrogen and oxygen atoms in total. The normalized spacial score (nSPS) is 30.2. The van der Waals surface area contributed by atoms with E-state index in [0.717, 1.165) is 31.4 Å². The maximum atomic E-state index is 5.69. The van der Waals surface area contributed by atoms with Gasteiger partial charge in [-0.05, 0) is 25.5 Å². The smallest absolute Gasteiger partial charge is 0.216 e. The van der Waals surface area contributed by atoms with Crippen LogP contribution in [0.1, 0.15) is 17.9 Å². The summed E-state index contributed by atoms with van der Waals surface area (Å²) in [6.45, 7) is 3.16. The minimum absolute atomic E-state index is 0.626. The minimum Gasteiger partial charge on any atom is -0.477 e. The average molecular weight is 204 g/mol. The van der Waals surface area contributed by atoms with Crippen LogP contribution in [0, 0.1) is 5.92 Å². The van der Waals surface area contributed by atoms with Crippen molar-refractivity contribution in [3.63, 3.8) is 0 Å². The average Bonchev–Trinajstić information content (AvgIpc) is 2.52. The number of likely N-dealkylation sites (tertiary alicyclic amines) is 1. The molecule has 3 heteroatoms. The Hall–Kier alpha value is -1.09. The van der Waals surface area contributed by atoms with Gasteiger partial charge in [0.25, 0.3) is 0 Å². The highest BCUT2D eigenvalue weighted by Crippen LogP contribution is 2.39. The number of pyridine rings is 1. The molecule has 1 aromatic heterocycles. The van der Waals surface area contributed by atoms with Crippen molar-refractivity contribution in [1.82, 2.24) is 9.88 Å². The molecule has 2 atom stereocenters. The van der Waals surface area contributed by atoms with Crippen LogP contribution in [-0.4, -0.2) is 36.6 Å². The summed E-state index contributed by atoms with van der Waals surface area (Å²) in [5.74, 6) is 2.24. The maximum absolute atomic E-state index is 5.69. The summed E-state index contributed by atoms with van der Waals surface area (Å²) in [5.41, 5.74) is 1.31. The van der Waals surface area contributed by atoms with Gasteiger partial charge in [0.2, 0.25) is 5.88 Å². The Bertz CT molecular complexity index is 366. The summed E-state index contributed by atoms with van der Waals surface area (Å²) < 4.78 is 5.69. The standard InChI is InChI=1S/C12H16N2O/c1-14-7-9-4-6-15-12-10(11(9)8-14)3-2-5-13-12/h2-3,5,9,11H,4,6-8H2,1H3/t9-,11-/m1/s1. The summed E-state index contributed by atoms with van der Waals surface area (Å²) >= 11 is 0. The molecule has 0 aromatic carbocycles. The Morgan fingerprint density at radius 3 is 3.33 bits per heavy atom. The first-order valence-corrected chi connectivity index (χ1v) is 5.61. The number of hydrogen-bond acceptors (Lipinski definition) is 3. The van der Waals surface area contributed by atoms with Crippen LogP contribution in [-0.2, 0) is 0 Å². The second kappa shape index (κ2) is 3.49. The van der Waals surface area contributed by atoms with Crippen LogP contribution in [0.2, 0.25) is 0 Å². The summed E-state index contributed by atoms with van der Waals surface area (Å²) in [4.78, 5) is 6.74. The van der Waals surface area contributed by atoms with Crippen molar-refractivity contribution in [3.05, 3.63) is 23.9 Å². The molecular formula is C12H16N2O. The van der Waals surface area contributed by atoms with E-state index in [1.54, 1.807) is 0 Å². The topological polar surface area (TPSA) is 25.4 Å². The molecule has 0 aliphatic carbocycles. The molecule has 3 heterocycles. The first kappa shape index (κ1) is 9.16. The van der Waals surface area contributed by atoms with E-state index in [2.05, 4.69) is 23.0 Å². The molecule has 0 saturated carbocycles. The molecule has 1 aromatic rings. The lowest BCUT2D eigenvalue weighted by atomic mass is 9.88. The molecule has 2 aliphatic rings. The fraction of sp³-hybridized carbons (Fsp3) is 0.583. The van der Waals surface area contributed by atoms with Crippen LogP contribution in [0.3, 0.4) is 0 Å². The SMILES string of the molecule is CN1C[C@H]2CCOc3ncccc3[C@@H]2C1. The predicted octanol–water partition coefficient (Wildman–Crippen LogP) is 1.51. The molecule has 3 rings (SSSR count). The van der Waals surface area contributed by atoms with Gasteiger partial charge in [0.15, 0.2) is 0 Å². The van der Waals surface area contributed by atoms with Gasteiger partial charge in [0, 0.05) is 30.8 Å². The Labute approximate surface area is 90.1 Å². The molecule has 1 saturated heterocycles. The number of aromatic nitrogens is 1. The third-order valence-electron chi connectivity index (χ3n) is 3.55.